The summed E-state index contributed by atoms with van der Waals surface area (Å²) in [4.78, 5) is 21.1. The second kappa shape index (κ2) is 10.4. The number of halogens is 1. The highest BCUT2D eigenvalue weighted by molar-refractivity contribution is 7.99. The number of fused-ring (bicyclic) bond motifs is 1. The van der Waals surface area contributed by atoms with Crippen LogP contribution >= 0.6 is 23.4 Å². The molecular formula is C25H36ClN7OSSi. The SMILES string of the molecule is CC(C)(C)[Si](C)(C)OCCC1(N)CCN(c2cnc3nc(Sc4ccnc(N)c4Cl)ccc3n2)CC1. The van der Waals surface area contributed by atoms with Crippen LogP contribution in [-0.2, 0) is 4.43 Å². The number of anilines is 2. The van der Waals surface area contributed by atoms with E-state index in [1.165, 1.54) is 11.8 Å². The highest BCUT2D eigenvalue weighted by Crippen LogP contribution is 2.37. The third-order valence-electron chi connectivity index (χ3n) is 7.41. The maximum Gasteiger partial charge on any atom is 0.191 e. The van der Waals surface area contributed by atoms with E-state index in [0.717, 1.165) is 60.2 Å². The van der Waals surface area contributed by atoms with E-state index >= 15 is 0 Å². The fourth-order valence-electron chi connectivity index (χ4n) is 3.88. The molecule has 36 heavy (non-hydrogen) atoms. The summed E-state index contributed by atoms with van der Waals surface area (Å²) in [6, 6.07) is 5.67. The first-order valence-corrected chi connectivity index (χ1v) is 16.4. The van der Waals surface area contributed by atoms with Crippen molar-refractivity contribution in [1.29, 1.82) is 0 Å². The van der Waals surface area contributed by atoms with Crippen molar-refractivity contribution < 1.29 is 4.43 Å². The predicted octanol–water partition coefficient (Wildman–Crippen LogP) is 5.52. The van der Waals surface area contributed by atoms with E-state index in [9.17, 15) is 0 Å². The third kappa shape index (κ3) is 6.11. The molecule has 4 heterocycles. The van der Waals surface area contributed by atoms with Gasteiger partial charge in [-0.1, -0.05) is 44.1 Å². The van der Waals surface area contributed by atoms with Crippen LogP contribution in [0.2, 0.25) is 23.2 Å². The molecule has 0 aliphatic carbocycles. The first-order valence-electron chi connectivity index (χ1n) is 12.3. The zero-order valence-corrected chi connectivity index (χ0v) is 24.3. The van der Waals surface area contributed by atoms with Crippen LogP contribution in [-0.4, -0.2) is 53.5 Å². The molecule has 194 valence electrons. The van der Waals surface area contributed by atoms with Crippen molar-refractivity contribution >= 4 is 54.5 Å². The van der Waals surface area contributed by atoms with Crippen LogP contribution in [0.5, 0.6) is 0 Å². The molecule has 0 saturated carbocycles. The molecule has 1 fully saturated rings. The maximum absolute atomic E-state index is 6.77. The van der Waals surface area contributed by atoms with Gasteiger partial charge in [0.05, 0.1) is 11.2 Å². The quantitative estimate of drug-likeness (QED) is 0.370. The van der Waals surface area contributed by atoms with Crippen molar-refractivity contribution in [2.75, 3.05) is 30.3 Å². The molecule has 4 N–H and O–H groups in total. The van der Waals surface area contributed by atoms with Crippen molar-refractivity contribution in [1.82, 2.24) is 19.9 Å². The minimum Gasteiger partial charge on any atom is -0.417 e. The molecule has 1 aliphatic heterocycles. The van der Waals surface area contributed by atoms with Crippen molar-refractivity contribution in [3.05, 3.63) is 35.6 Å². The summed E-state index contributed by atoms with van der Waals surface area (Å²) in [7, 11) is -1.75. The fourth-order valence-corrected chi connectivity index (χ4v) is 5.97. The number of rotatable bonds is 7. The summed E-state index contributed by atoms with van der Waals surface area (Å²) in [6.07, 6.45) is 6.11. The fraction of sp³-hybridized carbons (Fsp3) is 0.520. The van der Waals surface area contributed by atoms with E-state index in [0.29, 0.717) is 16.5 Å². The van der Waals surface area contributed by atoms with Gasteiger partial charge in [0.2, 0.25) is 0 Å². The van der Waals surface area contributed by atoms with Gasteiger partial charge >= 0.3 is 0 Å². The number of hydrogen-bond acceptors (Lipinski definition) is 9. The molecule has 1 aliphatic rings. The molecule has 11 heteroatoms. The maximum atomic E-state index is 6.77. The van der Waals surface area contributed by atoms with Crippen LogP contribution in [0.15, 0.2) is 40.5 Å². The zero-order chi connectivity index (χ0) is 26.1. The molecule has 0 aromatic carbocycles. The van der Waals surface area contributed by atoms with E-state index < -0.39 is 8.32 Å². The van der Waals surface area contributed by atoms with Gasteiger partial charge in [-0.15, -0.1) is 0 Å². The Morgan fingerprint density at radius 3 is 2.56 bits per heavy atom. The molecule has 0 atom stereocenters. The Hall–Kier alpha value is -1.98. The smallest absolute Gasteiger partial charge is 0.191 e. The third-order valence-corrected chi connectivity index (χ3v) is 13.5. The molecule has 0 amide bonds. The van der Waals surface area contributed by atoms with Crippen LogP contribution < -0.4 is 16.4 Å². The molecular weight excluding hydrogens is 510 g/mol. The van der Waals surface area contributed by atoms with Gasteiger partial charge in [-0.25, -0.2) is 19.9 Å². The number of hydrogen-bond donors (Lipinski definition) is 2. The van der Waals surface area contributed by atoms with Crippen LogP contribution in [0.4, 0.5) is 11.6 Å². The van der Waals surface area contributed by atoms with Crippen LogP contribution in [0.3, 0.4) is 0 Å². The number of pyridine rings is 2. The van der Waals surface area contributed by atoms with Crippen molar-refractivity contribution in [3.8, 4) is 0 Å². The standard InChI is InChI=1S/C25H36ClN7OSSi/c1-24(2,3)36(4,5)34-15-11-25(28)9-13-33(14-10-25)19-16-30-23-17(31-19)6-7-20(32-23)35-18-8-12-29-22(27)21(18)26/h6-8,12,16H,9-11,13-15,28H2,1-5H3,(H2,27,29). The molecule has 0 unspecified atom stereocenters. The number of nitrogen functional groups attached to an aromatic ring is 1. The predicted molar refractivity (Wildman–Crippen MR) is 151 cm³/mol. The Morgan fingerprint density at radius 1 is 1.14 bits per heavy atom. The van der Waals surface area contributed by atoms with Gasteiger partial charge in [0.15, 0.2) is 14.0 Å². The highest BCUT2D eigenvalue weighted by atomic mass is 35.5. The van der Waals surface area contributed by atoms with Crippen LogP contribution in [0.1, 0.15) is 40.0 Å². The van der Waals surface area contributed by atoms with Crippen molar-refractivity contribution in [2.24, 2.45) is 5.73 Å². The first-order chi connectivity index (χ1) is 16.9. The molecule has 4 rings (SSSR count). The number of piperidine rings is 1. The van der Waals surface area contributed by atoms with Gasteiger partial charge in [-0.2, -0.15) is 0 Å². The molecule has 0 bridgehead atoms. The lowest BCUT2D eigenvalue weighted by atomic mass is 9.86. The number of aromatic nitrogens is 4. The molecule has 3 aromatic rings. The molecule has 0 spiro atoms. The Morgan fingerprint density at radius 2 is 1.86 bits per heavy atom. The second-order valence-corrected chi connectivity index (χ2v) is 17.3. The van der Waals surface area contributed by atoms with Gasteiger partial charge in [0, 0.05) is 36.3 Å². The highest BCUT2D eigenvalue weighted by Gasteiger charge is 2.38. The Kier molecular flexibility index (Phi) is 7.83. The van der Waals surface area contributed by atoms with Gasteiger partial charge in [-0.05, 0) is 55.6 Å². The van der Waals surface area contributed by atoms with E-state index in [4.69, 9.17) is 32.5 Å². The lowest BCUT2D eigenvalue weighted by molar-refractivity contribution is 0.216. The summed E-state index contributed by atoms with van der Waals surface area (Å²) >= 11 is 7.69. The Bertz CT molecular complexity index is 1230. The summed E-state index contributed by atoms with van der Waals surface area (Å²) in [5.41, 5.74) is 13.7. The average Bonchev–Trinajstić information content (AvgIpc) is 2.81. The van der Waals surface area contributed by atoms with Crippen LogP contribution in [0, 0.1) is 0 Å². The van der Waals surface area contributed by atoms with E-state index in [-0.39, 0.29) is 10.6 Å². The molecule has 1 saturated heterocycles. The lowest BCUT2D eigenvalue weighted by Crippen LogP contribution is -2.52. The number of nitrogens with zero attached hydrogens (tertiary/aromatic N) is 5. The normalized spacial score (nSPS) is 16.5. The first kappa shape index (κ1) is 27.1. The second-order valence-electron chi connectivity index (χ2n) is 11.0. The van der Waals surface area contributed by atoms with E-state index in [2.05, 4.69) is 53.7 Å². The largest absolute Gasteiger partial charge is 0.417 e. The summed E-state index contributed by atoms with van der Waals surface area (Å²) < 4.78 is 6.38. The van der Waals surface area contributed by atoms with E-state index in [1.807, 2.05) is 18.2 Å². The minimum atomic E-state index is -1.75. The van der Waals surface area contributed by atoms with Crippen molar-refractivity contribution in [3.63, 3.8) is 0 Å². The van der Waals surface area contributed by atoms with Gasteiger partial charge in [-0.3, -0.25) is 0 Å². The summed E-state index contributed by atoms with van der Waals surface area (Å²) in [5.74, 6) is 1.16. The molecule has 3 aromatic heterocycles. The monoisotopic (exact) mass is 545 g/mol. The topological polar surface area (TPSA) is 116 Å². The number of nitrogens with two attached hydrogens (primary N) is 2. The van der Waals surface area contributed by atoms with E-state index in [1.54, 1.807) is 12.4 Å². The average molecular weight is 546 g/mol. The Balaban J connectivity index is 1.37. The molecule has 0 radical (unpaired) electrons. The Labute approximate surface area is 223 Å². The summed E-state index contributed by atoms with van der Waals surface area (Å²) in [5, 5.41) is 1.41. The minimum absolute atomic E-state index is 0.200. The molecule has 8 nitrogen and oxygen atoms in total. The van der Waals surface area contributed by atoms with Gasteiger partial charge in [0.25, 0.3) is 0 Å². The lowest BCUT2D eigenvalue weighted by Gasteiger charge is -2.41. The van der Waals surface area contributed by atoms with Crippen LogP contribution in [0.25, 0.3) is 11.2 Å². The van der Waals surface area contributed by atoms with Gasteiger partial charge in [0.1, 0.15) is 22.2 Å². The summed E-state index contributed by atoms with van der Waals surface area (Å²) in [6.45, 7) is 13.8. The zero-order valence-electron chi connectivity index (χ0n) is 21.7. The van der Waals surface area contributed by atoms with Gasteiger partial charge < -0.3 is 20.8 Å². The van der Waals surface area contributed by atoms with Crippen molar-refractivity contribution in [2.45, 2.75) is 73.6 Å².